The minimum Gasteiger partial charge on any atom is -0.383 e. The van der Waals surface area contributed by atoms with Crippen molar-refractivity contribution in [3.8, 4) is 0 Å². The molecule has 1 atom stereocenters. The van der Waals surface area contributed by atoms with E-state index >= 15 is 0 Å². The number of H-pyrrole nitrogens is 1. The molecule has 1 aromatic carbocycles. The molecule has 1 heterocycles. The van der Waals surface area contributed by atoms with E-state index < -0.39 is 28.0 Å². The minimum atomic E-state index is -4.84. The lowest BCUT2D eigenvalue weighted by molar-refractivity contribution is -0.387. The fourth-order valence-corrected chi connectivity index (χ4v) is 3.06. The normalized spacial score (nSPS) is 15.0. The zero-order valence-corrected chi connectivity index (χ0v) is 14.1. The maximum absolute atomic E-state index is 13.0. The molecule has 2 aromatic rings. The quantitative estimate of drug-likeness (QED) is 0.609. The summed E-state index contributed by atoms with van der Waals surface area (Å²) in [6, 6.07) is 3.04. The molecular weight excluding hydrogens is 345 g/mol. The van der Waals surface area contributed by atoms with E-state index in [1.807, 2.05) is 13.8 Å². The third kappa shape index (κ3) is 3.84. The second-order valence-corrected chi connectivity index (χ2v) is 7.59. The van der Waals surface area contributed by atoms with Crippen LogP contribution in [0.1, 0.15) is 32.0 Å². The topological polar surface area (TPSA) is 79.2 Å². The van der Waals surface area contributed by atoms with Crippen molar-refractivity contribution in [3.63, 3.8) is 0 Å². The number of nitro groups is 1. The van der Waals surface area contributed by atoms with Gasteiger partial charge in [-0.15, -0.1) is 0 Å². The summed E-state index contributed by atoms with van der Waals surface area (Å²) in [5, 5.41) is 22.0. The smallest absolute Gasteiger partial charge is 0.383 e. The molecule has 0 spiro atoms. The van der Waals surface area contributed by atoms with Gasteiger partial charge in [0.1, 0.15) is 11.2 Å². The zero-order chi connectivity index (χ0) is 18.3. The fourth-order valence-electron chi connectivity index (χ4n) is 2.24. The third-order valence-corrected chi connectivity index (χ3v) is 4.91. The number of nitro benzene ring substituents is 1. The van der Waals surface area contributed by atoms with E-state index in [1.54, 1.807) is 6.92 Å². The summed E-state index contributed by atoms with van der Waals surface area (Å²) in [5.41, 5.74) is -3.19. The van der Waals surface area contributed by atoms with Gasteiger partial charge < -0.3 is 10.1 Å². The molecule has 0 radical (unpaired) electrons. The van der Waals surface area contributed by atoms with Gasteiger partial charge in [0.15, 0.2) is 0 Å². The van der Waals surface area contributed by atoms with Gasteiger partial charge in [-0.2, -0.15) is 24.9 Å². The summed E-state index contributed by atoms with van der Waals surface area (Å²) < 4.78 is 39.0. The standard InChI is InChI=1S/C15H17F3N2O3S/c1-8(2)24-7-14(3,21)13-5-9-4-12(20(22)23)10(15(16,17)18)6-11(9)19-13/h4-6,8,19,21H,7H2,1-3H3/t14-/m1/s1. The summed E-state index contributed by atoms with van der Waals surface area (Å²) in [6.45, 7) is 5.47. The van der Waals surface area contributed by atoms with Crippen LogP contribution < -0.4 is 0 Å². The van der Waals surface area contributed by atoms with Crippen molar-refractivity contribution >= 4 is 28.4 Å². The molecule has 0 fully saturated rings. The lowest BCUT2D eigenvalue weighted by Crippen LogP contribution is -2.25. The molecule has 0 bridgehead atoms. The van der Waals surface area contributed by atoms with Crippen LogP contribution in [0.15, 0.2) is 18.2 Å². The van der Waals surface area contributed by atoms with Crippen molar-refractivity contribution in [1.29, 1.82) is 0 Å². The first kappa shape index (κ1) is 18.6. The van der Waals surface area contributed by atoms with Crippen LogP contribution in [-0.2, 0) is 11.8 Å². The van der Waals surface area contributed by atoms with E-state index in [2.05, 4.69) is 4.98 Å². The van der Waals surface area contributed by atoms with Crippen molar-refractivity contribution in [2.24, 2.45) is 0 Å². The number of aromatic amines is 1. The molecule has 0 aliphatic heterocycles. The van der Waals surface area contributed by atoms with E-state index in [4.69, 9.17) is 0 Å². The Balaban J connectivity index is 2.53. The molecule has 24 heavy (non-hydrogen) atoms. The van der Waals surface area contributed by atoms with Gasteiger partial charge in [-0.3, -0.25) is 10.1 Å². The van der Waals surface area contributed by atoms with Crippen LogP contribution in [-0.4, -0.2) is 26.0 Å². The number of aromatic nitrogens is 1. The average Bonchev–Trinajstić information content (AvgIpc) is 2.86. The Morgan fingerprint density at radius 3 is 2.46 bits per heavy atom. The Kier molecular flexibility index (Phi) is 4.87. The van der Waals surface area contributed by atoms with E-state index in [1.165, 1.54) is 17.8 Å². The minimum absolute atomic E-state index is 0.0951. The number of halogens is 3. The van der Waals surface area contributed by atoms with E-state index in [9.17, 15) is 28.4 Å². The van der Waals surface area contributed by atoms with Crippen LogP contribution in [0.4, 0.5) is 18.9 Å². The van der Waals surface area contributed by atoms with Gasteiger partial charge in [0.2, 0.25) is 0 Å². The first-order valence-corrected chi connectivity index (χ1v) is 8.19. The van der Waals surface area contributed by atoms with Crippen molar-refractivity contribution < 1.29 is 23.2 Å². The largest absolute Gasteiger partial charge is 0.423 e. The molecule has 2 rings (SSSR count). The van der Waals surface area contributed by atoms with Crippen molar-refractivity contribution in [3.05, 3.63) is 39.6 Å². The Morgan fingerprint density at radius 1 is 1.33 bits per heavy atom. The third-order valence-electron chi connectivity index (χ3n) is 3.52. The molecule has 0 aliphatic rings. The number of aliphatic hydroxyl groups is 1. The Labute approximate surface area is 140 Å². The molecule has 2 N–H and O–H groups in total. The number of nitrogens with one attached hydrogen (secondary N) is 1. The predicted octanol–water partition coefficient (Wildman–Crippen LogP) is 4.44. The molecule has 0 saturated carbocycles. The SMILES string of the molecule is CC(C)SC[C@@](C)(O)c1cc2cc([N+](=O)[O-])c(C(F)(F)F)cc2[nH]1. The molecule has 132 valence electrons. The molecule has 0 unspecified atom stereocenters. The number of hydrogen-bond donors (Lipinski definition) is 2. The molecule has 0 amide bonds. The highest BCUT2D eigenvalue weighted by atomic mass is 32.2. The van der Waals surface area contributed by atoms with Crippen molar-refractivity contribution in [1.82, 2.24) is 4.98 Å². The van der Waals surface area contributed by atoms with Crippen LogP contribution in [0.25, 0.3) is 10.9 Å². The van der Waals surface area contributed by atoms with Crippen molar-refractivity contribution in [2.45, 2.75) is 37.8 Å². The summed E-state index contributed by atoms with van der Waals surface area (Å²) in [4.78, 5) is 12.6. The highest BCUT2D eigenvalue weighted by Crippen LogP contribution is 2.39. The zero-order valence-electron chi connectivity index (χ0n) is 13.3. The van der Waals surface area contributed by atoms with Crippen LogP contribution in [0.2, 0.25) is 0 Å². The number of fused-ring (bicyclic) bond motifs is 1. The number of hydrogen-bond acceptors (Lipinski definition) is 4. The highest BCUT2D eigenvalue weighted by molar-refractivity contribution is 7.99. The summed E-state index contributed by atoms with van der Waals surface area (Å²) in [5.74, 6) is 0.339. The molecule has 0 saturated heterocycles. The first-order valence-electron chi connectivity index (χ1n) is 7.14. The van der Waals surface area contributed by atoms with Crippen LogP contribution >= 0.6 is 11.8 Å². The van der Waals surface area contributed by atoms with E-state index in [-0.39, 0.29) is 16.2 Å². The molecular formula is C15H17F3N2O3S. The van der Waals surface area contributed by atoms with Gasteiger partial charge in [-0.05, 0) is 24.3 Å². The molecule has 0 aliphatic carbocycles. The van der Waals surface area contributed by atoms with Crippen molar-refractivity contribution in [2.75, 3.05) is 5.75 Å². The second-order valence-electron chi connectivity index (χ2n) is 6.03. The summed E-state index contributed by atoms with van der Waals surface area (Å²) in [6.07, 6.45) is -4.84. The maximum atomic E-state index is 13.0. The summed E-state index contributed by atoms with van der Waals surface area (Å²) >= 11 is 1.50. The van der Waals surface area contributed by atoms with Crippen LogP contribution in [0.3, 0.4) is 0 Å². The van der Waals surface area contributed by atoms with Gasteiger partial charge in [0.05, 0.1) is 4.92 Å². The van der Waals surface area contributed by atoms with Gasteiger partial charge in [-0.1, -0.05) is 13.8 Å². The highest BCUT2D eigenvalue weighted by Gasteiger charge is 2.39. The average molecular weight is 362 g/mol. The number of nitrogens with zero attached hydrogens (tertiary/aromatic N) is 1. The van der Waals surface area contributed by atoms with Crippen LogP contribution in [0.5, 0.6) is 0 Å². The number of alkyl halides is 3. The van der Waals surface area contributed by atoms with E-state index in [0.29, 0.717) is 17.5 Å². The monoisotopic (exact) mass is 362 g/mol. The molecule has 1 aromatic heterocycles. The van der Waals surface area contributed by atoms with E-state index in [0.717, 1.165) is 6.07 Å². The molecule has 9 heteroatoms. The van der Waals surface area contributed by atoms with Gasteiger partial charge in [0, 0.05) is 28.4 Å². The maximum Gasteiger partial charge on any atom is 0.423 e. The Bertz CT molecular complexity index is 769. The fraction of sp³-hybridized carbons (Fsp3) is 0.467. The van der Waals surface area contributed by atoms with Gasteiger partial charge in [-0.25, -0.2) is 0 Å². The lowest BCUT2D eigenvalue weighted by Gasteiger charge is -2.22. The number of thioether (sulfide) groups is 1. The number of benzene rings is 1. The lowest BCUT2D eigenvalue weighted by atomic mass is 10.1. The second kappa shape index (κ2) is 6.29. The van der Waals surface area contributed by atoms with Crippen LogP contribution in [0, 0.1) is 10.1 Å². The predicted molar refractivity (Wildman–Crippen MR) is 87.1 cm³/mol. The Morgan fingerprint density at radius 2 is 1.96 bits per heavy atom. The molecule has 5 nitrogen and oxygen atoms in total. The Hall–Kier alpha value is -1.74. The van der Waals surface area contributed by atoms with Gasteiger partial charge >= 0.3 is 6.18 Å². The van der Waals surface area contributed by atoms with Gasteiger partial charge in [0.25, 0.3) is 5.69 Å². The number of rotatable bonds is 5. The first-order chi connectivity index (χ1) is 10.9. The summed E-state index contributed by atoms with van der Waals surface area (Å²) in [7, 11) is 0.